The average molecular weight is 489 g/mol. The van der Waals surface area contributed by atoms with Crippen molar-refractivity contribution in [3.05, 3.63) is 35.4 Å². The smallest absolute Gasteiger partial charge is 0.408 e. The number of ether oxygens (including phenoxy) is 1. The molecule has 2 rings (SSSR count). The summed E-state index contributed by atoms with van der Waals surface area (Å²) in [5.41, 5.74) is 6.21. The van der Waals surface area contributed by atoms with Gasteiger partial charge in [-0.2, -0.15) is 0 Å². The van der Waals surface area contributed by atoms with Crippen molar-refractivity contribution in [2.24, 2.45) is 5.73 Å². The molecule has 9 heteroatoms. The molecule has 4 amide bonds. The van der Waals surface area contributed by atoms with Crippen molar-refractivity contribution in [2.45, 2.75) is 96.9 Å². The number of hydrogen-bond acceptors (Lipinski definition) is 5. The van der Waals surface area contributed by atoms with Crippen LogP contribution in [0.5, 0.6) is 0 Å². The summed E-state index contributed by atoms with van der Waals surface area (Å²) in [4.78, 5) is 53.3. The summed E-state index contributed by atoms with van der Waals surface area (Å²) in [6, 6.07) is 5.09. The normalized spacial score (nSPS) is 15.3. The van der Waals surface area contributed by atoms with Crippen LogP contribution in [0, 0.1) is 6.92 Å². The minimum atomic E-state index is -1.25. The lowest BCUT2D eigenvalue weighted by molar-refractivity contribution is -0.148. The lowest BCUT2D eigenvalue weighted by atomic mass is 9.87. The van der Waals surface area contributed by atoms with E-state index in [0.717, 1.165) is 37.7 Å². The number of amides is 4. The topological polar surface area (TPSA) is 131 Å². The molecule has 0 spiro atoms. The Morgan fingerprint density at radius 3 is 2.34 bits per heavy atom. The first-order valence-corrected chi connectivity index (χ1v) is 12.4. The predicted octanol–water partition coefficient (Wildman–Crippen LogP) is 3.10. The van der Waals surface area contributed by atoms with Crippen molar-refractivity contribution < 1.29 is 23.9 Å². The van der Waals surface area contributed by atoms with Gasteiger partial charge in [0.05, 0.1) is 6.42 Å². The maximum absolute atomic E-state index is 13.9. The molecule has 9 nitrogen and oxygen atoms in total. The zero-order chi connectivity index (χ0) is 26.2. The molecule has 1 fully saturated rings. The van der Waals surface area contributed by atoms with E-state index in [0.29, 0.717) is 12.1 Å². The van der Waals surface area contributed by atoms with Crippen molar-refractivity contribution >= 4 is 23.8 Å². The third-order valence-corrected chi connectivity index (χ3v) is 5.96. The van der Waals surface area contributed by atoms with E-state index in [-0.39, 0.29) is 11.9 Å². The monoisotopic (exact) mass is 488 g/mol. The minimum absolute atomic E-state index is 0.195. The Bertz CT molecular complexity index is 907. The molecule has 194 valence electrons. The molecule has 0 bridgehead atoms. The van der Waals surface area contributed by atoms with Crippen LogP contribution >= 0.6 is 0 Å². The van der Waals surface area contributed by atoms with Gasteiger partial charge in [-0.05, 0) is 64.5 Å². The minimum Gasteiger partial charge on any atom is -0.444 e. The van der Waals surface area contributed by atoms with Crippen LogP contribution in [0.15, 0.2) is 24.3 Å². The Kier molecular flexibility index (Phi) is 10.1. The van der Waals surface area contributed by atoms with E-state index in [1.165, 1.54) is 4.90 Å². The molecule has 1 aliphatic rings. The van der Waals surface area contributed by atoms with Crippen molar-refractivity contribution in [2.75, 3.05) is 6.54 Å². The number of aryl methyl sites for hydroxylation is 1. The average Bonchev–Trinajstić information content (AvgIpc) is 2.70. The number of primary amides is 1. The fourth-order valence-corrected chi connectivity index (χ4v) is 4.01. The van der Waals surface area contributed by atoms with E-state index >= 15 is 0 Å². The van der Waals surface area contributed by atoms with Crippen LogP contribution in [-0.2, 0) is 19.1 Å². The number of alkyl carbamates (subject to hydrolysis) is 1. The Balaban J connectivity index is 2.46. The zero-order valence-corrected chi connectivity index (χ0v) is 21.6. The summed E-state index contributed by atoms with van der Waals surface area (Å²) in [5.74, 6) is -1.56. The number of unbranched alkanes of at least 4 members (excludes halogenated alkanes) is 1. The van der Waals surface area contributed by atoms with Gasteiger partial charge in [0, 0.05) is 12.6 Å². The first-order valence-electron chi connectivity index (χ1n) is 12.4. The molecule has 1 aromatic rings. The Hall–Kier alpha value is -3.10. The van der Waals surface area contributed by atoms with Crippen LogP contribution in [0.25, 0.3) is 0 Å². The van der Waals surface area contributed by atoms with Gasteiger partial charge in [0.15, 0.2) is 0 Å². The number of benzene rings is 1. The number of nitrogens with zero attached hydrogens (tertiary/aromatic N) is 1. The molecular formula is C26H40N4O5. The van der Waals surface area contributed by atoms with Gasteiger partial charge in [0.2, 0.25) is 17.7 Å². The second kappa shape index (κ2) is 12.6. The molecule has 35 heavy (non-hydrogen) atoms. The Labute approximate surface area is 208 Å². The predicted molar refractivity (Wildman–Crippen MR) is 133 cm³/mol. The maximum atomic E-state index is 13.9. The van der Waals surface area contributed by atoms with Gasteiger partial charge in [0.25, 0.3) is 0 Å². The summed E-state index contributed by atoms with van der Waals surface area (Å²) in [7, 11) is 0. The molecule has 2 unspecified atom stereocenters. The highest BCUT2D eigenvalue weighted by atomic mass is 16.6. The summed E-state index contributed by atoms with van der Waals surface area (Å²) >= 11 is 0. The summed E-state index contributed by atoms with van der Waals surface area (Å²) in [6.07, 6.45) is 2.88. The van der Waals surface area contributed by atoms with Gasteiger partial charge in [-0.15, -0.1) is 0 Å². The molecular weight excluding hydrogens is 448 g/mol. The molecule has 1 aliphatic carbocycles. The van der Waals surface area contributed by atoms with E-state index in [4.69, 9.17) is 10.5 Å². The highest BCUT2D eigenvalue weighted by Gasteiger charge is 2.42. The van der Waals surface area contributed by atoms with Gasteiger partial charge in [-0.1, -0.05) is 37.6 Å². The van der Waals surface area contributed by atoms with Crippen molar-refractivity contribution in [3.8, 4) is 0 Å². The second-order valence-electron chi connectivity index (χ2n) is 10.1. The molecule has 0 radical (unpaired) electrons. The Morgan fingerprint density at radius 2 is 1.83 bits per heavy atom. The molecule has 0 aliphatic heterocycles. The molecule has 1 saturated carbocycles. The van der Waals surface area contributed by atoms with Crippen LogP contribution in [0.2, 0.25) is 0 Å². The molecule has 0 heterocycles. The Morgan fingerprint density at radius 1 is 1.17 bits per heavy atom. The third kappa shape index (κ3) is 8.26. The molecule has 0 aromatic heterocycles. The van der Waals surface area contributed by atoms with Crippen molar-refractivity contribution in [1.29, 1.82) is 0 Å². The molecule has 2 atom stereocenters. The van der Waals surface area contributed by atoms with E-state index in [1.807, 2.05) is 38.1 Å². The quantitative estimate of drug-likeness (QED) is 0.412. The first-order chi connectivity index (χ1) is 16.4. The van der Waals surface area contributed by atoms with E-state index in [2.05, 4.69) is 10.6 Å². The lowest BCUT2D eigenvalue weighted by Gasteiger charge is -2.43. The number of carbonyl (C=O) groups is 4. The van der Waals surface area contributed by atoms with Gasteiger partial charge in [0.1, 0.15) is 17.7 Å². The molecule has 1 aromatic carbocycles. The second-order valence-corrected chi connectivity index (χ2v) is 10.1. The molecule has 4 N–H and O–H groups in total. The van der Waals surface area contributed by atoms with Gasteiger partial charge >= 0.3 is 6.09 Å². The standard InChI is InChI=1S/C26H40N4O5/c1-6-7-15-28-23(32)22(19-14-9-8-11-17(19)2)30(18-12-10-13-18)24(33)20(16-21(27)31)29-25(34)35-26(3,4)5/h8-9,11,14,18,20,22H,6-7,10,12-13,15-16H2,1-5H3,(H2,27,31)(H,28,32)(H,29,34). The summed E-state index contributed by atoms with van der Waals surface area (Å²) in [5, 5.41) is 5.48. The lowest BCUT2D eigenvalue weighted by Crippen LogP contribution is -2.58. The molecule has 0 saturated heterocycles. The first kappa shape index (κ1) is 28.1. The highest BCUT2D eigenvalue weighted by molar-refractivity contribution is 5.95. The van der Waals surface area contributed by atoms with Gasteiger partial charge in [-0.25, -0.2) is 4.79 Å². The SMILES string of the molecule is CCCCNC(=O)C(c1ccccc1C)N(C(=O)C(CC(N)=O)NC(=O)OC(C)(C)C)C1CCC1. The van der Waals surface area contributed by atoms with Crippen molar-refractivity contribution in [1.82, 2.24) is 15.5 Å². The number of nitrogens with one attached hydrogen (secondary N) is 2. The zero-order valence-electron chi connectivity index (χ0n) is 21.6. The largest absolute Gasteiger partial charge is 0.444 e. The maximum Gasteiger partial charge on any atom is 0.408 e. The van der Waals surface area contributed by atoms with Crippen LogP contribution in [0.3, 0.4) is 0 Å². The number of nitrogens with two attached hydrogens (primary N) is 1. The van der Waals surface area contributed by atoms with Crippen LogP contribution in [0.4, 0.5) is 4.79 Å². The fourth-order valence-electron chi connectivity index (χ4n) is 4.01. The summed E-state index contributed by atoms with van der Waals surface area (Å²) < 4.78 is 5.31. The number of hydrogen-bond donors (Lipinski definition) is 3. The third-order valence-electron chi connectivity index (χ3n) is 5.96. The fraction of sp³-hybridized carbons (Fsp3) is 0.615. The van der Waals surface area contributed by atoms with Crippen molar-refractivity contribution in [3.63, 3.8) is 0 Å². The van der Waals surface area contributed by atoms with Crippen LogP contribution in [-0.4, -0.2) is 52.9 Å². The number of carbonyl (C=O) groups excluding carboxylic acids is 4. The van der Waals surface area contributed by atoms with Gasteiger partial charge in [-0.3, -0.25) is 14.4 Å². The van der Waals surface area contributed by atoms with Crippen LogP contribution < -0.4 is 16.4 Å². The summed E-state index contributed by atoms with van der Waals surface area (Å²) in [6.45, 7) is 9.52. The highest BCUT2D eigenvalue weighted by Crippen LogP contribution is 2.35. The van der Waals surface area contributed by atoms with E-state index in [1.54, 1.807) is 20.8 Å². The number of rotatable bonds is 11. The van der Waals surface area contributed by atoms with Crippen LogP contribution in [0.1, 0.15) is 83.4 Å². The van der Waals surface area contributed by atoms with E-state index < -0.39 is 42.0 Å². The van der Waals surface area contributed by atoms with E-state index in [9.17, 15) is 19.2 Å². The van der Waals surface area contributed by atoms with Gasteiger partial charge < -0.3 is 26.0 Å².